The van der Waals surface area contributed by atoms with E-state index < -0.39 is 0 Å². The Morgan fingerprint density at radius 3 is 2.94 bits per heavy atom. The molecule has 0 unspecified atom stereocenters. The average molecular weight is 231 g/mol. The number of aryl methyl sites for hydroxylation is 1. The van der Waals surface area contributed by atoms with Crippen LogP contribution in [-0.2, 0) is 6.54 Å². The number of anilines is 1. The van der Waals surface area contributed by atoms with Crippen molar-refractivity contribution < 1.29 is 9.32 Å². The van der Waals surface area contributed by atoms with Crippen LogP contribution < -0.4 is 11.1 Å². The van der Waals surface area contributed by atoms with Crippen molar-refractivity contribution in [2.75, 3.05) is 5.73 Å². The minimum atomic E-state index is -0.217. The molecule has 0 saturated carbocycles. The third-order valence-corrected chi connectivity index (χ3v) is 2.37. The second-order valence-electron chi connectivity index (χ2n) is 3.76. The lowest BCUT2D eigenvalue weighted by molar-refractivity contribution is 0.0951. The van der Waals surface area contributed by atoms with Gasteiger partial charge in [-0.3, -0.25) is 4.79 Å². The summed E-state index contributed by atoms with van der Waals surface area (Å²) in [4.78, 5) is 11.8. The molecule has 0 fully saturated rings. The number of nitrogens with one attached hydrogen (secondary N) is 1. The fraction of sp³-hybridized carbons (Fsp3) is 0.167. The molecule has 0 radical (unpaired) electrons. The van der Waals surface area contributed by atoms with Crippen molar-refractivity contribution in [1.82, 2.24) is 10.5 Å². The van der Waals surface area contributed by atoms with Crippen LogP contribution in [0.4, 0.5) is 5.69 Å². The van der Waals surface area contributed by atoms with Gasteiger partial charge in [-0.15, -0.1) is 0 Å². The molecule has 1 amide bonds. The Morgan fingerprint density at radius 2 is 2.29 bits per heavy atom. The minimum Gasteiger partial charge on any atom is -0.398 e. The molecule has 17 heavy (non-hydrogen) atoms. The lowest BCUT2D eigenvalue weighted by Gasteiger charge is -2.06. The van der Waals surface area contributed by atoms with Gasteiger partial charge in [-0.05, 0) is 24.6 Å². The first kappa shape index (κ1) is 11.2. The number of nitrogen functional groups attached to an aromatic ring is 1. The van der Waals surface area contributed by atoms with Gasteiger partial charge in [0.15, 0.2) is 0 Å². The third kappa shape index (κ3) is 2.63. The van der Waals surface area contributed by atoms with Crippen LogP contribution in [0.25, 0.3) is 0 Å². The molecular formula is C12H13N3O2. The fourth-order valence-electron chi connectivity index (χ4n) is 1.48. The topological polar surface area (TPSA) is 81.2 Å². The highest BCUT2D eigenvalue weighted by Gasteiger charge is 2.09. The number of carbonyl (C=O) groups excluding carboxylic acids is 1. The van der Waals surface area contributed by atoms with Gasteiger partial charge in [-0.1, -0.05) is 11.2 Å². The Bertz CT molecular complexity index is 521. The van der Waals surface area contributed by atoms with Crippen LogP contribution in [-0.4, -0.2) is 11.1 Å². The molecule has 5 nitrogen and oxygen atoms in total. The van der Waals surface area contributed by atoms with E-state index in [0.717, 1.165) is 5.56 Å². The van der Waals surface area contributed by atoms with E-state index in [-0.39, 0.29) is 5.91 Å². The third-order valence-electron chi connectivity index (χ3n) is 2.37. The van der Waals surface area contributed by atoms with E-state index in [9.17, 15) is 4.79 Å². The second-order valence-corrected chi connectivity index (χ2v) is 3.76. The van der Waals surface area contributed by atoms with Crippen molar-refractivity contribution in [3.05, 3.63) is 47.3 Å². The quantitative estimate of drug-likeness (QED) is 0.784. The zero-order chi connectivity index (χ0) is 12.3. The summed E-state index contributed by atoms with van der Waals surface area (Å²) in [7, 11) is 0. The van der Waals surface area contributed by atoms with Gasteiger partial charge < -0.3 is 15.6 Å². The molecule has 1 aromatic heterocycles. The first-order valence-corrected chi connectivity index (χ1v) is 5.20. The predicted octanol–water partition coefficient (Wildman–Crippen LogP) is 1.50. The number of hydrogen-bond donors (Lipinski definition) is 2. The Hall–Kier alpha value is -2.30. The second kappa shape index (κ2) is 4.69. The standard InChI is InChI=1S/C12H13N3O2/c1-8-2-3-10(11(13)6-8)12(16)14-7-9-4-5-17-15-9/h2-6H,7,13H2,1H3,(H,14,16). The molecule has 0 bridgehead atoms. The summed E-state index contributed by atoms with van der Waals surface area (Å²) in [5.41, 5.74) is 8.42. The van der Waals surface area contributed by atoms with E-state index in [1.807, 2.05) is 13.0 Å². The largest absolute Gasteiger partial charge is 0.398 e. The number of nitrogens with zero attached hydrogens (tertiary/aromatic N) is 1. The maximum absolute atomic E-state index is 11.8. The van der Waals surface area contributed by atoms with Crippen molar-refractivity contribution in [2.24, 2.45) is 0 Å². The van der Waals surface area contributed by atoms with Crippen molar-refractivity contribution >= 4 is 11.6 Å². The van der Waals surface area contributed by atoms with E-state index in [1.165, 1.54) is 6.26 Å². The van der Waals surface area contributed by atoms with Gasteiger partial charge in [0.2, 0.25) is 0 Å². The molecule has 5 heteroatoms. The van der Waals surface area contributed by atoms with Crippen molar-refractivity contribution in [2.45, 2.75) is 13.5 Å². The van der Waals surface area contributed by atoms with Gasteiger partial charge in [-0.25, -0.2) is 0 Å². The molecule has 0 spiro atoms. The molecule has 0 aliphatic heterocycles. The number of benzene rings is 1. The number of nitrogens with two attached hydrogens (primary N) is 1. The van der Waals surface area contributed by atoms with Crippen LogP contribution in [0.15, 0.2) is 35.1 Å². The summed E-state index contributed by atoms with van der Waals surface area (Å²) in [5, 5.41) is 6.42. The highest BCUT2D eigenvalue weighted by molar-refractivity contribution is 5.99. The van der Waals surface area contributed by atoms with Gasteiger partial charge >= 0.3 is 0 Å². The van der Waals surface area contributed by atoms with E-state index >= 15 is 0 Å². The molecule has 3 N–H and O–H groups in total. The first-order valence-electron chi connectivity index (χ1n) is 5.20. The SMILES string of the molecule is Cc1ccc(C(=O)NCc2ccon2)c(N)c1. The summed E-state index contributed by atoms with van der Waals surface area (Å²) >= 11 is 0. The number of aromatic nitrogens is 1. The molecule has 0 saturated heterocycles. The number of amides is 1. The van der Waals surface area contributed by atoms with Gasteiger partial charge in [0.05, 0.1) is 12.1 Å². The summed E-state index contributed by atoms with van der Waals surface area (Å²) in [6.07, 6.45) is 1.46. The number of rotatable bonds is 3. The Balaban J connectivity index is 2.04. The molecule has 0 aliphatic rings. The molecule has 1 aromatic carbocycles. The zero-order valence-electron chi connectivity index (χ0n) is 9.43. The highest BCUT2D eigenvalue weighted by atomic mass is 16.5. The van der Waals surface area contributed by atoms with Crippen LogP contribution in [0.5, 0.6) is 0 Å². The van der Waals surface area contributed by atoms with Crippen LogP contribution in [0, 0.1) is 6.92 Å². The highest BCUT2D eigenvalue weighted by Crippen LogP contribution is 2.13. The summed E-state index contributed by atoms with van der Waals surface area (Å²) in [5.74, 6) is -0.217. The average Bonchev–Trinajstić information content (AvgIpc) is 2.78. The maximum atomic E-state index is 11.8. The Labute approximate surface area is 98.6 Å². The van der Waals surface area contributed by atoms with E-state index in [0.29, 0.717) is 23.5 Å². The molecule has 2 rings (SSSR count). The van der Waals surface area contributed by atoms with Crippen LogP contribution in [0.1, 0.15) is 21.6 Å². The van der Waals surface area contributed by atoms with Gasteiger partial charge in [0, 0.05) is 11.8 Å². The van der Waals surface area contributed by atoms with Crippen molar-refractivity contribution in [3.63, 3.8) is 0 Å². The number of hydrogen-bond acceptors (Lipinski definition) is 4. The minimum absolute atomic E-state index is 0.217. The fourth-order valence-corrected chi connectivity index (χ4v) is 1.48. The van der Waals surface area contributed by atoms with Gasteiger partial charge in [0.1, 0.15) is 12.0 Å². The Morgan fingerprint density at radius 1 is 1.47 bits per heavy atom. The molecular weight excluding hydrogens is 218 g/mol. The van der Waals surface area contributed by atoms with Gasteiger partial charge in [-0.2, -0.15) is 0 Å². The van der Waals surface area contributed by atoms with Crippen LogP contribution in [0.2, 0.25) is 0 Å². The zero-order valence-corrected chi connectivity index (χ0v) is 9.43. The molecule has 88 valence electrons. The van der Waals surface area contributed by atoms with E-state index in [2.05, 4.69) is 15.0 Å². The summed E-state index contributed by atoms with van der Waals surface area (Å²) in [6, 6.07) is 7.02. The smallest absolute Gasteiger partial charge is 0.253 e. The summed E-state index contributed by atoms with van der Waals surface area (Å²) < 4.78 is 4.67. The Kier molecular flexibility index (Phi) is 3.09. The molecule has 1 heterocycles. The number of carbonyl (C=O) groups is 1. The summed E-state index contributed by atoms with van der Waals surface area (Å²) in [6.45, 7) is 2.25. The van der Waals surface area contributed by atoms with Crippen LogP contribution >= 0.6 is 0 Å². The van der Waals surface area contributed by atoms with Crippen molar-refractivity contribution in [3.8, 4) is 0 Å². The first-order chi connectivity index (χ1) is 8.16. The lowest BCUT2D eigenvalue weighted by atomic mass is 10.1. The van der Waals surface area contributed by atoms with E-state index in [4.69, 9.17) is 5.73 Å². The normalized spacial score (nSPS) is 10.2. The predicted molar refractivity (Wildman–Crippen MR) is 63.3 cm³/mol. The van der Waals surface area contributed by atoms with E-state index in [1.54, 1.807) is 18.2 Å². The molecule has 0 aliphatic carbocycles. The van der Waals surface area contributed by atoms with Gasteiger partial charge in [0.25, 0.3) is 5.91 Å². The van der Waals surface area contributed by atoms with Crippen LogP contribution in [0.3, 0.4) is 0 Å². The maximum Gasteiger partial charge on any atom is 0.253 e. The molecule has 0 atom stereocenters. The molecule has 2 aromatic rings. The monoisotopic (exact) mass is 231 g/mol. The lowest BCUT2D eigenvalue weighted by Crippen LogP contribution is -2.23. The van der Waals surface area contributed by atoms with Crippen molar-refractivity contribution in [1.29, 1.82) is 0 Å².